The Balaban J connectivity index is 3.44. The van der Waals surface area contributed by atoms with Gasteiger partial charge in [0.25, 0.3) is 6.43 Å². The Hall–Kier alpha value is -0.220. The van der Waals surface area contributed by atoms with Gasteiger partial charge in [0.1, 0.15) is 12.6 Å². The van der Waals surface area contributed by atoms with Crippen LogP contribution in [0.2, 0.25) is 0 Å². The van der Waals surface area contributed by atoms with Gasteiger partial charge in [0.15, 0.2) is 0 Å². The number of hydrogen-bond donors (Lipinski definition) is 0. The molecule has 0 aliphatic rings. The number of halogens is 2. The first-order valence-electron chi connectivity index (χ1n) is 4.03. The van der Waals surface area contributed by atoms with Crippen LogP contribution in [0.3, 0.4) is 0 Å². The molecule has 4 heteroatoms. The molecular formula is C8H18F2NO+. The average molecular weight is 182 g/mol. The Labute approximate surface area is 72.7 Å². The lowest BCUT2D eigenvalue weighted by Gasteiger charge is -2.24. The minimum absolute atomic E-state index is 0.384. The minimum Gasteiger partial charge on any atom is -0.367 e. The van der Waals surface area contributed by atoms with Gasteiger partial charge in [-0.2, -0.15) is 0 Å². The van der Waals surface area contributed by atoms with Crippen LogP contribution in [0, 0.1) is 0 Å². The first kappa shape index (κ1) is 11.8. The maximum atomic E-state index is 11.9. The number of rotatable bonds is 5. The van der Waals surface area contributed by atoms with Gasteiger partial charge in [0.2, 0.25) is 0 Å². The molecule has 2 nitrogen and oxygen atoms in total. The van der Waals surface area contributed by atoms with E-state index < -0.39 is 12.5 Å². The van der Waals surface area contributed by atoms with E-state index in [1.807, 2.05) is 21.1 Å². The molecule has 0 saturated carbocycles. The van der Waals surface area contributed by atoms with E-state index in [1.165, 1.54) is 6.92 Å². The summed E-state index contributed by atoms with van der Waals surface area (Å²) < 4.78 is 29.5. The molecule has 0 aromatic heterocycles. The maximum Gasteiger partial charge on any atom is 0.264 e. The molecule has 0 amide bonds. The zero-order valence-corrected chi connectivity index (χ0v) is 8.18. The number of likely N-dealkylation sites (N-methyl/N-ethyl adjacent to an activating group) is 1. The molecule has 0 saturated heterocycles. The molecule has 0 radical (unpaired) electrons. The highest BCUT2D eigenvalue weighted by atomic mass is 19.3. The quantitative estimate of drug-likeness (QED) is 0.583. The van der Waals surface area contributed by atoms with Crippen molar-refractivity contribution in [2.24, 2.45) is 0 Å². The second-order valence-electron chi connectivity index (χ2n) is 3.92. The van der Waals surface area contributed by atoms with Crippen molar-refractivity contribution in [3.05, 3.63) is 0 Å². The van der Waals surface area contributed by atoms with Gasteiger partial charge in [-0.05, 0) is 6.92 Å². The Morgan fingerprint density at radius 3 is 2.08 bits per heavy atom. The van der Waals surface area contributed by atoms with E-state index in [4.69, 9.17) is 4.74 Å². The van der Waals surface area contributed by atoms with Crippen LogP contribution in [-0.2, 0) is 4.74 Å². The lowest BCUT2D eigenvalue weighted by Crippen LogP contribution is -2.38. The highest BCUT2D eigenvalue weighted by molar-refractivity contribution is 4.50. The summed E-state index contributed by atoms with van der Waals surface area (Å²) in [4.78, 5) is 0. The zero-order valence-electron chi connectivity index (χ0n) is 8.18. The van der Waals surface area contributed by atoms with Crippen molar-refractivity contribution in [2.45, 2.75) is 19.5 Å². The highest BCUT2D eigenvalue weighted by Gasteiger charge is 2.16. The number of nitrogens with zero attached hydrogens (tertiary/aromatic N) is 1. The first-order valence-corrected chi connectivity index (χ1v) is 4.03. The van der Waals surface area contributed by atoms with Crippen LogP contribution in [0.5, 0.6) is 0 Å². The predicted octanol–water partition coefficient (Wildman–Crippen LogP) is 1.36. The third-order valence-electron chi connectivity index (χ3n) is 1.50. The second kappa shape index (κ2) is 4.72. The highest BCUT2D eigenvalue weighted by Crippen LogP contribution is 2.04. The monoisotopic (exact) mass is 182 g/mol. The molecule has 0 aliphatic heterocycles. The summed E-state index contributed by atoms with van der Waals surface area (Å²) in [5.41, 5.74) is 0. The SMILES string of the molecule is CC(OCC[N+](C)(C)C)C(F)F. The molecule has 0 N–H and O–H groups in total. The topological polar surface area (TPSA) is 9.23 Å². The lowest BCUT2D eigenvalue weighted by atomic mass is 10.4. The van der Waals surface area contributed by atoms with Gasteiger partial charge >= 0.3 is 0 Å². The maximum absolute atomic E-state index is 11.9. The van der Waals surface area contributed by atoms with Crippen molar-refractivity contribution in [1.29, 1.82) is 0 Å². The van der Waals surface area contributed by atoms with Crippen molar-refractivity contribution in [3.8, 4) is 0 Å². The molecule has 1 unspecified atom stereocenters. The molecule has 0 spiro atoms. The third kappa shape index (κ3) is 6.49. The van der Waals surface area contributed by atoms with Crippen LogP contribution in [0.1, 0.15) is 6.92 Å². The van der Waals surface area contributed by atoms with E-state index >= 15 is 0 Å². The second-order valence-corrected chi connectivity index (χ2v) is 3.92. The van der Waals surface area contributed by atoms with Crippen LogP contribution >= 0.6 is 0 Å². The standard InChI is InChI=1S/C8H18F2NO/c1-7(8(9)10)12-6-5-11(2,3)4/h7-8H,5-6H2,1-4H3/q+1. The van der Waals surface area contributed by atoms with Crippen molar-refractivity contribution >= 4 is 0 Å². The molecule has 0 heterocycles. The van der Waals surface area contributed by atoms with E-state index in [-0.39, 0.29) is 0 Å². The molecule has 1 atom stereocenters. The van der Waals surface area contributed by atoms with Crippen molar-refractivity contribution < 1.29 is 18.0 Å². The lowest BCUT2D eigenvalue weighted by molar-refractivity contribution is -0.870. The summed E-state index contributed by atoms with van der Waals surface area (Å²) in [5.74, 6) is 0. The Kier molecular flexibility index (Phi) is 4.63. The number of alkyl halides is 2. The van der Waals surface area contributed by atoms with E-state index in [0.29, 0.717) is 6.61 Å². The molecule has 0 aliphatic carbocycles. The fourth-order valence-corrected chi connectivity index (χ4v) is 0.585. The molecular weight excluding hydrogens is 164 g/mol. The van der Waals surface area contributed by atoms with Crippen molar-refractivity contribution in [2.75, 3.05) is 34.3 Å². The predicted molar refractivity (Wildman–Crippen MR) is 44.3 cm³/mol. The average Bonchev–Trinajstić information content (AvgIpc) is 1.84. The van der Waals surface area contributed by atoms with Gasteiger partial charge in [-0.15, -0.1) is 0 Å². The normalized spacial score (nSPS) is 15.2. The Morgan fingerprint density at radius 2 is 1.75 bits per heavy atom. The van der Waals surface area contributed by atoms with E-state index in [9.17, 15) is 8.78 Å². The summed E-state index contributed by atoms with van der Waals surface area (Å²) >= 11 is 0. The molecule has 0 aromatic carbocycles. The summed E-state index contributed by atoms with van der Waals surface area (Å²) in [6, 6.07) is 0. The van der Waals surface area contributed by atoms with E-state index in [0.717, 1.165) is 11.0 Å². The number of ether oxygens (including phenoxy) is 1. The van der Waals surface area contributed by atoms with Gasteiger partial charge < -0.3 is 9.22 Å². The minimum atomic E-state index is -2.38. The molecule has 12 heavy (non-hydrogen) atoms. The van der Waals surface area contributed by atoms with Crippen molar-refractivity contribution in [1.82, 2.24) is 0 Å². The fourth-order valence-electron chi connectivity index (χ4n) is 0.585. The molecule has 0 fully saturated rings. The van der Waals surface area contributed by atoms with Gasteiger partial charge in [0.05, 0.1) is 27.7 Å². The first-order chi connectivity index (χ1) is 5.33. The van der Waals surface area contributed by atoms with Crippen LogP contribution in [0.25, 0.3) is 0 Å². The molecule has 0 rings (SSSR count). The zero-order chi connectivity index (χ0) is 9.78. The van der Waals surface area contributed by atoms with E-state index in [2.05, 4.69) is 0 Å². The Morgan fingerprint density at radius 1 is 1.25 bits per heavy atom. The van der Waals surface area contributed by atoms with Crippen LogP contribution in [0.4, 0.5) is 8.78 Å². The van der Waals surface area contributed by atoms with Crippen LogP contribution < -0.4 is 0 Å². The molecule has 0 bridgehead atoms. The van der Waals surface area contributed by atoms with Gasteiger partial charge in [-0.25, -0.2) is 8.78 Å². The van der Waals surface area contributed by atoms with Gasteiger partial charge in [-0.1, -0.05) is 0 Å². The van der Waals surface area contributed by atoms with Crippen LogP contribution in [0.15, 0.2) is 0 Å². The number of hydrogen-bond acceptors (Lipinski definition) is 1. The van der Waals surface area contributed by atoms with Crippen molar-refractivity contribution in [3.63, 3.8) is 0 Å². The summed E-state index contributed by atoms with van der Waals surface area (Å²) in [6.45, 7) is 2.52. The molecule has 0 aromatic rings. The van der Waals surface area contributed by atoms with Crippen LogP contribution in [-0.4, -0.2) is 51.3 Å². The molecule has 74 valence electrons. The largest absolute Gasteiger partial charge is 0.367 e. The number of quaternary nitrogens is 1. The smallest absolute Gasteiger partial charge is 0.264 e. The summed E-state index contributed by atoms with van der Waals surface area (Å²) in [7, 11) is 5.99. The summed E-state index contributed by atoms with van der Waals surface area (Å²) in [5, 5.41) is 0. The van der Waals surface area contributed by atoms with Gasteiger partial charge in [0, 0.05) is 0 Å². The van der Waals surface area contributed by atoms with E-state index in [1.54, 1.807) is 0 Å². The van der Waals surface area contributed by atoms with Gasteiger partial charge in [-0.3, -0.25) is 0 Å². The third-order valence-corrected chi connectivity index (χ3v) is 1.50. The summed E-state index contributed by atoms with van der Waals surface area (Å²) in [6.07, 6.45) is -3.32. The Bertz CT molecular complexity index is 123. The fraction of sp³-hybridized carbons (Fsp3) is 1.00.